The van der Waals surface area contributed by atoms with Gasteiger partial charge in [-0.05, 0) is 30.7 Å². The van der Waals surface area contributed by atoms with Crippen LogP contribution in [0.3, 0.4) is 0 Å². The second kappa shape index (κ2) is 17.5. The Morgan fingerprint density at radius 1 is 0.783 bits per heavy atom. The van der Waals surface area contributed by atoms with E-state index in [1.54, 1.807) is 7.11 Å². The Kier molecular flexibility index (Phi) is 15.5. The first-order chi connectivity index (χ1) is 21.1. The van der Waals surface area contributed by atoms with Crippen molar-refractivity contribution in [1.82, 2.24) is 14.7 Å². The zero-order chi connectivity index (χ0) is 35.5. The number of carboxylic acids is 3. The third kappa shape index (κ3) is 14.4. The number of hydrogen-bond donors (Lipinski definition) is 3. The zero-order valence-corrected chi connectivity index (χ0v) is 24.5. The lowest BCUT2D eigenvalue weighted by Crippen LogP contribution is -2.56. The van der Waals surface area contributed by atoms with E-state index in [9.17, 15) is 39.5 Å². The summed E-state index contributed by atoms with van der Waals surface area (Å²) in [5, 5.41) is 21.4. The maximum atomic E-state index is 10.6. The van der Waals surface area contributed by atoms with E-state index in [1.165, 1.54) is 44.8 Å². The summed E-state index contributed by atoms with van der Waals surface area (Å²) in [4.78, 5) is 34.4. The van der Waals surface area contributed by atoms with Crippen LogP contribution in [-0.2, 0) is 25.7 Å². The molecule has 0 aromatic heterocycles. The predicted molar refractivity (Wildman–Crippen MR) is 140 cm³/mol. The van der Waals surface area contributed by atoms with E-state index in [0.29, 0.717) is 12.0 Å². The van der Waals surface area contributed by atoms with Crippen LogP contribution in [0.2, 0.25) is 0 Å². The average Bonchev–Trinajstić information content (AvgIpc) is 3.36. The number of nitrogens with zero attached hydrogens (tertiary/aromatic N) is 3. The summed E-state index contributed by atoms with van der Waals surface area (Å²) in [7, 11) is 3.95. The maximum absolute atomic E-state index is 10.6. The topological polar surface area (TPSA) is 140 Å². The van der Waals surface area contributed by atoms with Gasteiger partial charge in [0.2, 0.25) is 0 Å². The highest BCUT2D eigenvalue weighted by Crippen LogP contribution is 2.34. The molecule has 0 unspecified atom stereocenters. The molecule has 3 heterocycles. The third-order valence-corrected chi connectivity index (χ3v) is 6.98. The number of hydrogen-bond acceptors (Lipinski definition) is 8. The first-order valence-corrected chi connectivity index (χ1v) is 13.3. The minimum atomic E-state index is -5.08. The fraction of sp³-hybridized carbons (Fsp3) is 0.654. The molecule has 11 nitrogen and oxygen atoms in total. The molecule has 0 amide bonds. The van der Waals surface area contributed by atoms with Gasteiger partial charge in [0.1, 0.15) is 5.75 Å². The Labute approximate surface area is 257 Å². The van der Waals surface area contributed by atoms with Crippen molar-refractivity contribution in [3.05, 3.63) is 29.8 Å². The van der Waals surface area contributed by atoms with Gasteiger partial charge in [-0.3, -0.25) is 9.80 Å². The molecule has 0 saturated carbocycles. The second-order valence-corrected chi connectivity index (χ2v) is 10.3. The summed E-state index contributed by atoms with van der Waals surface area (Å²) >= 11 is 0. The molecule has 3 N–H and O–H groups in total. The summed E-state index contributed by atoms with van der Waals surface area (Å²) in [6.45, 7) is 10.0. The molecule has 4 rings (SSSR count). The van der Waals surface area contributed by atoms with Crippen molar-refractivity contribution in [3.63, 3.8) is 0 Å². The fourth-order valence-corrected chi connectivity index (χ4v) is 4.71. The molecular weight excluding hydrogens is 653 g/mol. The van der Waals surface area contributed by atoms with Crippen LogP contribution < -0.4 is 4.74 Å². The number of piperazine rings is 1. The Balaban J connectivity index is 0.000000413. The number of ether oxygens (including phenoxy) is 2. The summed E-state index contributed by atoms with van der Waals surface area (Å²) < 4.78 is 106. The first-order valence-electron chi connectivity index (χ1n) is 13.3. The van der Waals surface area contributed by atoms with Gasteiger partial charge in [0.15, 0.2) is 0 Å². The molecule has 3 atom stereocenters. The van der Waals surface area contributed by atoms with Crippen molar-refractivity contribution in [2.24, 2.45) is 11.8 Å². The smallest absolute Gasteiger partial charge is 0.490 e. The van der Waals surface area contributed by atoms with Crippen LogP contribution in [0.25, 0.3) is 0 Å². The number of rotatable bonds is 4. The molecule has 46 heavy (non-hydrogen) atoms. The van der Waals surface area contributed by atoms with Gasteiger partial charge in [-0.25, -0.2) is 14.4 Å². The third-order valence-electron chi connectivity index (χ3n) is 6.98. The van der Waals surface area contributed by atoms with Gasteiger partial charge in [0.25, 0.3) is 0 Å². The van der Waals surface area contributed by atoms with Gasteiger partial charge >= 0.3 is 36.4 Å². The highest BCUT2D eigenvalue weighted by atomic mass is 19.4. The molecule has 0 spiro atoms. The van der Waals surface area contributed by atoms with Gasteiger partial charge in [0, 0.05) is 57.8 Å². The van der Waals surface area contributed by atoms with E-state index in [0.717, 1.165) is 31.4 Å². The predicted octanol–water partition coefficient (Wildman–Crippen LogP) is 3.29. The number of likely N-dealkylation sites (N-methyl/N-ethyl adjacent to an activating group) is 1. The quantitative estimate of drug-likeness (QED) is 0.402. The van der Waals surface area contributed by atoms with Crippen LogP contribution in [-0.4, -0.2) is 139 Å². The number of carbonyl (C=O) groups is 3. The average molecular weight is 688 g/mol. The largest absolute Gasteiger partial charge is 0.497 e. The molecule has 0 bridgehead atoms. The SMILES string of the molecule is COc1ccc(CN2C[C@@H]3COC[C@H](N4CCN(C)CC4)[C@@H]3C2)cc1.O=C(O)C(F)(F)F.O=C(O)C(F)(F)F.O=C(O)C(F)(F)F. The molecule has 3 aliphatic rings. The molecule has 0 radical (unpaired) electrons. The van der Waals surface area contributed by atoms with Gasteiger partial charge in [-0.15, -0.1) is 0 Å². The minimum absolute atomic E-state index is 0.605. The van der Waals surface area contributed by atoms with Gasteiger partial charge in [-0.2, -0.15) is 39.5 Å². The number of likely N-dealkylation sites (tertiary alicyclic amines) is 1. The van der Waals surface area contributed by atoms with Crippen molar-refractivity contribution in [2.45, 2.75) is 31.1 Å². The van der Waals surface area contributed by atoms with Crippen LogP contribution in [0.1, 0.15) is 5.56 Å². The van der Waals surface area contributed by atoms with Gasteiger partial charge in [0.05, 0.1) is 20.3 Å². The van der Waals surface area contributed by atoms with E-state index in [2.05, 4.69) is 46.0 Å². The van der Waals surface area contributed by atoms with Crippen LogP contribution >= 0.6 is 0 Å². The zero-order valence-electron chi connectivity index (χ0n) is 24.5. The first kappa shape index (κ1) is 40.7. The molecular formula is C26H34F9N3O8. The standard InChI is InChI=1S/C20H31N3O2.3C2HF3O2/c1-21-7-9-23(10-8-21)20-15-25-14-17-12-22(13-19(17)20)11-16-3-5-18(24-2)6-4-16;3*3-2(4,5)1(6)7/h3-6,17,19-20H,7-15H2,1-2H3;3*(H,6,7)/t17-,19-,20+;;;/m1.../s1. The molecule has 1 aromatic rings. The number of benzene rings is 1. The second-order valence-electron chi connectivity index (χ2n) is 10.3. The van der Waals surface area contributed by atoms with Crippen LogP contribution in [0.5, 0.6) is 5.75 Å². The summed E-state index contributed by atoms with van der Waals surface area (Å²) in [5.41, 5.74) is 1.37. The van der Waals surface area contributed by atoms with Crippen molar-refractivity contribution in [3.8, 4) is 5.75 Å². The molecule has 20 heteroatoms. The van der Waals surface area contributed by atoms with E-state index in [1.807, 2.05) is 0 Å². The molecule has 3 saturated heterocycles. The number of alkyl halides is 9. The van der Waals surface area contributed by atoms with E-state index in [4.69, 9.17) is 39.2 Å². The summed E-state index contributed by atoms with van der Waals surface area (Å²) in [5.74, 6) is -5.89. The number of aliphatic carboxylic acids is 3. The normalized spacial score (nSPS) is 22.5. The maximum Gasteiger partial charge on any atom is 0.490 e. The van der Waals surface area contributed by atoms with Crippen LogP contribution in [0, 0.1) is 11.8 Å². The Bertz CT molecular complexity index is 1050. The van der Waals surface area contributed by atoms with Crippen molar-refractivity contribution >= 4 is 17.9 Å². The summed E-state index contributed by atoms with van der Waals surface area (Å²) in [6.07, 6.45) is -15.3. The molecule has 0 aliphatic carbocycles. The van der Waals surface area contributed by atoms with Crippen molar-refractivity contribution < 1.29 is 78.7 Å². The number of methoxy groups -OCH3 is 1. The number of fused-ring (bicyclic) bond motifs is 1. The van der Waals surface area contributed by atoms with Crippen molar-refractivity contribution in [2.75, 3.05) is 66.6 Å². The minimum Gasteiger partial charge on any atom is -0.497 e. The lowest BCUT2D eigenvalue weighted by Gasteiger charge is -2.44. The molecule has 3 aliphatic heterocycles. The lowest BCUT2D eigenvalue weighted by molar-refractivity contribution is -0.193. The molecule has 1 aromatic carbocycles. The van der Waals surface area contributed by atoms with Crippen LogP contribution in [0.15, 0.2) is 24.3 Å². The Morgan fingerprint density at radius 3 is 1.61 bits per heavy atom. The molecule has 3 fully saturated rings. The Hall–Kier alpha value is -3.36. The molecule has 264 valence electrons. The van der Waals surface area contributed by atoms with E-state index >= 15 is 0 Å². The van der Waals surface area contributed by atoms with Crippen LogP contribution in [0.4, 0.5) is 39.5 Å². The Morgan fingerprint density at radius 2 is 1.22 bits per heavy atom. The highest BCUT2D eigenvalue weighted by Gasteiger charge is 2.43. The lowest BCUT2D eigenvalue weighted by atomic mass is 9.86. The monoisotopic (exact) mass is 687 g/mol. The van der Waals surface area contributed by atoms with Gasteiger partial charge < -0.3 is 29.7 Å². The highest BCUT2D eigenvalue weighted by molar-refractivity contribution is 5.73. The van der Waals surface area contributed by atoms with Gasteiger partial charge in [-0.1, -0.05) is 12.1 Å². The number of halogens is 9. The van der Waals surface area contributed by atoms with E-state index in [-0.39, 0.29) is 0 Å². The van der Waals surface area contributed by atoms with E-state index < -0.39 is 36.4 Å². The summed E-state index contributed by atoms with van der Waals surface area (Å²) in [6, 6.07) is 9.11. The number of carboxylic acid groups (broad SMARTS) is 3. The fourth-order valence-electron chi connectivity index (χ4n) is 4.71. The van der Waals surface area contributed by atoms with Crippen molar-refractivity contribution in [1.29, 1.82) is 0 Å².